The summed E-state index contributed by atoms with van der Waals surface area (Å²) in [5.74, 6) is -0.661. The molecule has 0 aliphatic carbocycles. The van der Waals surface area contributed by atoms with Gasteiger partial charge in [0, 0.05) is 6.61 Å². The van der Waals surface area contributed by atoms with Gasteiger partial charge in [-0.3, -0.25) is 0 Å². The Labute approximate surface area is 180 Å². The number of carbonyl (C=O) groups is 3. The quantitative estimate of drug-likeness (QED) is 0.467. The number of nitrogens with zero attached hydrogens (tertiary/aromatic N) is 1. The first-order chi connectivity index (χ1) is 13.7. The van der Waals surface area contributed by atoms with Gasteiger partial charge in [0.05, 0.1) is 6.10 Å². The predicted molar refractivity (Wildman–Crippen MR) is 112 cm³/mol. The summed E-state index contributed by atoms with van der Waals surface area (Å²) in [6, 6.07) is -1.12. The Kier molecular flexibility index (Phi) is 9.59. The van der Waals surface area contributed by atoms with Crippen LogP contribution >= 0.6 is 0 Å². The normalized spacial score (nSPS) is 23.5. The average Bonchev–Trinajstić information content (AvgIpc) is 2.61. The molecule has 2 amide bonds. The second-order valence-corrected chi connectivity index (χ2v) is 9.68. The summed E-state index contributed by atoms with van der Waals surface area (Å²) in [5, 5.41) is 0. The zero-order valence-electron chi connectivity index (χ0n) is 19.8. The first-order valence-corrected chi connectivity index (χ1v) is 10.8. The molecule has 1 fully saturated rings. The van der Waals surface area contributed by atoms with Crippen molar-refractivity contribution in [1.82, 2.24) is 4.90 Å². The molecule has 0 aromatic rings. The smallest absolute Gasteiger partial charge is 0.420 e. The van der Waals surface area contributed by atoms with Gasteiger partial charge in [-0.05, 0) is 67.7 Å². The Morgan fingerprint density at radius 1 is 1.00 bits per heavy atom. The van der Waals surface area contributed by atoms with Crippen molar-refractivity contribution in [3.05, 3.63) is 0 Å². The minimum Gasteiger partial charge on any atom is -0.458 e. The Balaban J connectivity index is 3.15. The summed E-state index contributed by atoms with van der Waals surface area (Å²) in [7, 11) is 0. The predicted octanol–water partition coefficient (Wildman–Crippen LogP) is 4.83. The lowest BCUT2D eigenvalue weighted by Crippen LogP contribution is -2.53. The van der Waals surface area contributed by atoms with E-state index in [1.165, 1.54) is 0 Å². The third-order valence-corrected chi connectivity index (χ3v) is 4.34. The summed E-state index contributed by atoms with van der Waals surface area (Å²) in [6.45, 7) is 14.5. The lowest BCUT2D eigenvalue weighted by molar-refractivity contribution is -0.161. The lowest BCUT2D eigenvalue weighted by Gasteiger charge is -2.32. The number of cyclic esters (lactones) is 1. The van der Waals surface area contributed by atoms with Crippen LogP contribution in [0.4, 0.5) is 9.59 Å². The SMILES string of the molecule is CCCO[C@@H]1CCCC[C@H](N(C(=O)OC(C)(C)C)C(=O)OC(C)(C)C)C(=O)O[C@H]1C. The third kappa shape index (κ3) is 8.90. The zero-order valence-corrected chi connectivity index (χ0v) is 19.8. The Morgan fingerprint density at radius 2 is 1.50 bits per heavy atom. The highest BCUT2D eigenvalue weighted by molar-refractivity contribution is 5.94. The number of carbonyl (C=O) groups excluding carboxylic acids is 3. The maximum Gasteiger partial charge on any atom is 0.420 e. The molecule has 1 aliphatic rings. The summed E-state index contributed by atoms with van der Waals surface area (Å²) >= 11 is 0. The maximum absolute atomic E-state index is 13.0. The van der Waals surface area contributed by atoms with Crippen molar-refractivity contribution in [2.24, 2.45) is 0 Å². The Hall–Kier alpha value is -1.83. The van der Waals surface area contributed by atoms with Gasteiger partial charge in [-0.15, -0.1) is 0 Å². The molecule has 0 aromatic heterocycles. The minimum absolute atomic E-state index is 0.218. The van der Waals surface area contributed by atoms with Crippen LogP contribution in [0.2, 0.25) is 0 Å². The molecule has 0 N–H and O–H groups in total. The van der Waals surface area contributed by atoms with Crippen molar-refractivity contribution >= 4 is 18.2 Å². The largest absolute Gasteiger partial charge is 0.458 e. The van der Waals surface area contributed by atoms with Crippen molar-refractivity contribution in [1.29, 1.82) is 0 Å². The maximum atomic E-state index is 13.0. The van der Waals surface area contributed by atoms with Crippen LogP contribution in [-0.2, 0) is 23.7 Å². The molecule has 30 heavy (non-hydrogen) atoms. The molecule has 0 aromatic carbocycles. The van der Waals surface area contributed by atoms with Crippen LogP contribution in [0.5, 0.6) is 0 Å². The van der Waals surface area contributed by atoms with Gasteiger partial charge in [-0.2, -0.15) is 4.90 Å². The highest BCUT2D eigenvalue weighted by Gasteiger charge is 2.42. The van der Waals surface area contributed by atoms with Crippen LogP contribution in [0.25, 0.3) is 0 Å². The molecule has 0 unspecified atom stereocenters. The summed E-state index contributed by atoms with van der Waals surface area (Å²) < 4.78 is 22.2. The van der Waals surface area contributed by atoms with Gasteiger partial charge in [0.2, 0.25) is 0 Å². The molecule has 0 radical (unpaired) electrons. The first-order valence-electron chi connectivity index (χ1n) is 10.8. The monoisotopic (exact) mass is 429 g/mol. The summed E-state index contributed by atoms with van der Waals surface area (Å²) in [5.41, 5.74) is -1.68. The number of imide groups is 1. The molecule has 0 saturated carbocycles. The third-order valence-electron chi connectivity index (χ3n) is 4.34. The lowest BCUT2D eigenvalue weighted by atomic mass is 10.0. The Morgan fingerprint density at radius 3 is 1.97 bits per heavy atom. The number of hydrogen-bond acceptors (Lipinski definition) is 7. The van der Waals surface area contributed by atoms with E-state index in [0.29, 0.717) is 13.0 Å². The molecule has 0 bridgehead atoms. The second-order valence-electron chi connectivity index (χ2n) is 9.68. The van der Waals surface area contributed by atoms with Crippen molar-refractivity contribution in [3.8, 4) is 0 Å². The topological polar surface area (TPSA) is 91.4 Å². The van der Waals surface area contributed by atoms with Crippen LogP contribution in [0, 0.1) is 0 Å². The van der Waals surface area contributed by atoms with Gasteiger partial charge in [0.1, 0.15) is 23.3 Å². The van der Waals surface area contributed by atoms with Crippen LogP contribution in [0.3, 0.4) is 0 Å². The molecule has 174 valence electrons. The fraction of sp³-hybridized carbons (Fsp3) is 0.864. The molecular weight excluding hydrogens is 390 g/mol. The van der Waals surface area contributed by atoms with Crippen molar-refractivity contribution in [2.45, 2.75) is 117 Å². The zero-order chi connectivity index (χ0) is 23.1. The fourth-order valence-electron chi connectivity index (χ4n) is 3.05. The minimum atomic E-state index is -1.12. The average molecular weight is 430 g/mol. The van der Waals surface area contributed by atoms with E-state index >= 15 is 0 Å². The highest BCUT2D eigenvalue weighted by Crippen LogP contribution is 2.24. The van der Waals surface area contributed by atoms with Gasteiger partial charge in [0.15, 0.2) is 0 Å². The van der Waals surface area contributed by atoms with Crippen LogP contribution < -0.4 is 0 Å². The van der Waals surface area contributed by atoms with Crippen LogP contribution in [0.15, 0.2) is 0 Å². The summed E-state index contributed by atoms with van der Waals surface area (Å²) in [6.07, 6.45) is 0.708. The first kappa shape index (κ1) is 26.2. The van der Waals surface area contributed by atoms with Gasteiger partial charge >= 0.3 is 18.2 Å². The van der Waals surface area contributed by atoms with Crippen molar-refractivity contribution in [3.63, 3.8) is 0 Å². The number of rotatable bonds is 4. The number of ether oxygens (including phenoxy) is 4. The highest BCUT2D eigenvalue weighted by atomic mass is 16.6. The van der Waals surface area contributed by atoms with E-state index in [0.717, 1.165) is 24.2 Å². The summed E-state index contributed by atoms with van der Waals surface area (Å²) in [4.78, 5) is 39.5. The van der Waals surface area contributed by atoms with Crippen LogP contribution in [-0.4, -0.2) is 59.1 Å². The van der Waals surface area contributed by atoms with E-state index < -0.39 is 41.5 Å². The van der Waals surface area contributed by atoms with E-state index in [4.69, 9.17) is 18.9 Å². The molecule has 8 heteroatoms. The Bertz CT molecular complexity index is 563. The van der Waals surface area contributed by atoms with E-state index in [2.05, 4.69) is 0 Å². The molecule has 8 nitrogen and oxygen atoms in total. The molecule has 3 atom stereocenters. The molecule has 1 rings (SSSR count). The van der Waals surface area contributed by atoms with Gasteiger partial charge in [-0.1, -0.05) is 19.8 Å². The van der Waals surface area contributed by atoms with E-state index in [1.807, 2.05) is 6.92 Å². The van der Waals surface area contributed by atoms with Gasteiger partial charge in [-0.25, -0.2) is 14.4 Å². The van der Waals surface area contributed by atoms with Crippen molar-refractivity contribution < 1.29 is 33.3 Å². The van der Waals surface area contributed by atoms with Gasteiger partial charge < -0.3 is 18.9 Å². The second kappa shape index (κ2) is 11.0. The van der Waals surface area contributed by atoms with Crippen LogP contribution in [0.1, 0.15) is 87.5 Å². The van der Waals surface area contributed by atoms with E-state index in [1.54, 1.807) is 48.5 Å². The number of esters is 1. The number of amides is 2. The number of hydrogen-bond donors (Lipinski definition) is 0. The molecule has 0 spiro atoms. The molecule has 1 aliphatic heterocycles. The van der Waals surface area contributed by atoms with Gasteiger partial charge in [0.25, 0.3) is 0 Å². The fourth-order valence-corrected chi connectivity index (χ4v) is 3.05. The standard InChI is InChI=1S/C22H39NO7/c1-9-14-27-17-13-11-10-12-16(18(24)28-15(17)2)23(19(25)29-21(3,4)5)20(26)30-22(6,7)8/h15-17H,9-14H2,1-8H3/t15-,16-,17+/m0/s1. The van der Waals surface area contributed by atoms with E-state index in [9.17, 15) is 14.4 Å². The molecule has 1 saturated heterocycles. The molecular formula is C22H39NO7. The van der Waals surface area contributed by atoms with Crippen molar-refractivity contribution in [2.75, 3.05) is 6.61 Å². The molecule has 1 heterocycles. The van der Waals surface area contributed by atoms with E-state index in [-0.39, 0.29) is 12.5 Å².